The van der Waals surface area contributed by atoms with Gasteiger partial charge in [0.05, 0.1) is 19.2 Å². The summed E-state index contributed by atoms with van der Waals surface area (Å²) in [5.74, 6) is -0.944. The number of carbonyl (C=O) groups is 1. The Hall–Kier alpha value is -0.0800. The van der Waals surface area contributed by atoms with Gasteiger partial charge >= 0.3 is 35.5 Å². The fraction of sp³-hybridized carbons (Fsp3) is 0.500. The Morgan fingerprint density at radius 1 is 1.89 bits per heavy atom. The molecule has 0 bridgehead atoms. The molecule has 46 valence electrons. The van der Waals surface area contributed by atoms with Gasteiger partial charge in [-0.15, -0.1) is 0 Å². The van der Waals surface area contributed by atoms with Crippen LogP contribution in [0.4, 0.5) is 0 Å². The molecule has 0 unspecified atom stereocenters. The van der Waals surface area contributed by atoms with Crippen molar-refractivity contribution in [1.29, 1.82) is 5.26 Å². The minimum Gasteiger partial charge on any atom is -1.00 e. The van der Waals surface area contributed by atoms with Crippen molar-refractivity contribution < 1.29 is 40.9 Å². The van der Waals surface area contributed by atoms with Crippen molar-refractivity contribution in [3.63, 3.8) is 0 Å². The summed E-state index contributed by atoms with van der Waals surface area (Å²) < 4.78 is 0. The van der Waals surface area contributed by atoms with Gasteiger partial charge in [0.15, 0.2) is 0 Å². The van der Waals surface area contributed by atoms with Gasteiger partial charge < -0.3 is 6.53 Å². The standard InChI is InChI=1S/C4H6N2O2.Na.H/c5-1-2-6-3-4(7)8;;/h6H,2-3H2,(H,7,8);;/q;+1;-1. The molecule has 0 aromatic rings. The molecule has 0 saturated heterocycles. The number of carboxylic acid groups (broad SMARTS) is 1. The van der Waals surface area contributed by atoms with Crippen molar-refractivity contribution in [1.82, 2.24) is 5.32 Å². The number of carboxylic acids is 1. The molecule has 0 aliphatic rings. The zero-order valence-electron chi connectivity index (χ0n) is 6.22. The van der Waals surface area contributed by atoms with Crippen molar-refractivity contribution in [2.45, 2.75) is 0 Å². The van der Waals surface area contributed by atoms with Crippen molar-refractivity contribution in [2.24, 2.45) is 0 Å². The molecule has 0 saturated carbocycles. The first-order chi connectivity index (χ1) is 3.77. The van der Waals surface area contributed by atoms with E-state index in [1.807, 2.05) is 0 Å². The Labute approximate surface area is 76.6 Å². The van der Waals surface area contributed by atoms with E-state index >= 15 is 0 Å². The van der Waals surface area contributed by atoms with E-state index < -0.39 is 5.97 Å². The van der Waals surface area contributed by atoms with Gasteiger partial charge in [-0.3, -0.25) is 10.1 Å². The number of aliphatic carboxylic acids is 1. The van der Waals surface area contributed by atoms with E-state index in [1.165, 1.54) is 0 Å². The van der Waals surface area contributed by atoms with Crippen LogP contribution in [-0.2, 0) is 4.79 Å². The summed E-state index contributed by atoms with van der Waals surface area (Å²) in [5, 5.41) is 18.2. The first-order valence-corrected chi connectivity index (χ1v) is 2.07. The Balaban J connectivity index is -0.000000245. The first-order valence-electron chi connectivity index (χ1n) is 2.07. The molecule has 9 heavy (non-hydrogen) atoms. The second kappa shape index (κ2) is 7.92. The number of rotatable bonds is 3. The zero-order chi connectivity index (χ0) is 6.41. The van der Waals surface area contributed by atoms with E-state index in [0.717, 1.165) is 0 Å². The molecule has 0 aliphatic heterocycles. The maximum Gasteiger partial charge on any atom is 1.00 e. The van der Waals surface area contributed by atoms with Gasteiger partial charge in [-0.05, 0) is 0 Å². The van der Waals surface area contributed by atoms with Gasteiger partial charge in [0.1, 0.15) is 0 Å². The monoisotopic (exact) mass is 138 g/mol. The molecule has 0 radical (unpaired) electrons. The molecule has 4 nitrogen and oxygen atoms in total. The topological polar surface area (TPSA) is 73.1 Å². The molecule has 0 amide bonds. The van der Waals surface area contributed by atoms with E-state index in [2.05, 4.69) is 5.32 Å². The van der Waals surface area contributed by atoms with Crippen LogP contribution in [-0.4, -0.2) is 24.2 Å². The summed E-state index contributed by atoms with van der Waals surface area (Å²) in [6.45, 7) is -0.0557. The molecule has 2 N–H and O–H groups in total. The molecule has 0 rings (SSSR count). The largest absolute Gasteiger partial charge is 1.00 e. The summed E-state index contributed by atoms with van der Waals surface area (Å²) in [5.41, 5.74) is 0. The average Bonchev–Trinajstić information content (AvgIpc) is 1.66. The summed E-state index contributed by atoms with van der Waals surface area (Å²) in [4.78, 5) is 9.70. The summed E-state index contributed by atoms with van der Waals surface area (Å²) in [6, 6.07) is 1.75. The molecular weight excluding hydrogens is 131 g/mol. The molecule has 0 aliphatic carbocycles. The van der Waals surface area contributed by atoms with E-state index in [0.29, 0.717) is 0 Å². The SMILES string of the molecule is N#CCNCC(=O)O.[H-].[Na+]. The minimum atomic E-state index is -0.944. The maximum absolute atomic E-state index is 9.70. The number of nitrogens with zero attached hydrogens (tertiary/aromatic N) is 1. The van der Waals surface area contributed by atoms with Crippen molar-refractivity contribution >= 4 is 5.97 Å². The van der Waals surface area contributed by atoms with Crippen molar-refractivity contribution in [3.05, 3.63) is 0 Å². The molecule has 5 heteroatoms. The van der Waals surface area contributed by atoms with E-state index in [-0.39, 0.29) is 44.1 Å². The van der Waals surface area contributed by atoms with Crippen LogP contribution >= 0.6 is 0 Å². The number of hydrogen-bond acceptors (Lipinski definition) is 3. The van der Waals surface area contributed by atoms with Crippen LogP contribution in [0.25, 0.3) is 0 Å². The third kappa shape index (κ3) is 11.5. The average molecular weight is 138 g/mol. The van der Waals surface area contributed by atoms with Crippen LogP contribution in [0.15, 0.2) is 0 Å². The summed E-state index contributed by atoms with van der Waals surface area (Å²) >= 11 is 0. The van der Waals surface area contributed by atoms with E-state index in [9.17, 15) is 4.79 Å². The predicted molar refractivity (Wildman–Crippen MR) is 27.2 cm³/mol. The first kappa shape index (κ1) is 11.7. The smallest absolute Gasteiger partial charge is 1.00 e. The second-order valence-electron chi connectivity index (χ2n) is 1.16. The van der Waals surface area contributed by atoms with Crippen LogP contribution < -0.4 is 34.9 Å². The van der Waals surface area contributed by atoms with Gasteiger partial charge in [0.2, 0.25) is 0 Å². The quantitative estimate of drug-likeness (QED) is 0.239. The Bertz CT molecular complexity index is 125. The Morgan fingerprint density at radius 2 is 2.44 bits per heavy atom. The fourth-order valence-electron chi connectivity index (χ4n) is 0.225. The van der Waals surface area contributed by atoms with Gasteiger partial charge in [0.25, 0.3) is 0 Å². The molecule has 0 spiro atoms. The molecule has 0 aromatic carbocycles. The summed E-state index contributed by atoms with van der Waals surface area (Å²) in [6.07, 6.45) is 0. The Morgan fingerprint density at radius 3 is 2.78 bits per heavy atom. The minimum absolute atomic E-state index is 0. The Kier molecular flexibility index (Phi) is 10.3. The third-order valence-corrected chi connectivity index (χ3v) is 0.480. The van der Waals surface area contributed by atoms with Gasteiger partial charge in [-0.1, -0.05) is 0 Å². The van der Waals surface area contributed by atoms with Crippen molar-refractivity contribution in [2.75, 3.05) is 13.1 Å². The summed E-state index contributed by atoms with van der Waals surface area (Å²) in [7, 11) is 0. The number of nitrogens with one attached hydrogen (secondary N) is 1. The number of nitriles is 1. The van der Waals surface area contributed by atoms with Crippen LogP contribution in [0.1, 0.15) is 1.43 Å². The number of hydrogen-bond donors (Lipinski definition) is 2. The van der Waals surface area contributed by atoms with E-state index in [4.69, 9.17) is 10.4 Å². The zero-order valence-corrected chi connectivity index (χ0v) is 7.22. The van der Waals surface area contributed by atoms with Crippen LogP contribution in [0, 0.1) is 11.3 Å². The van der Waals surface area contributed by atoms with Crippen LogP contribution in [0.3, 0.4) is 0 Å². The molecule has 0 aromatic heterocycles. The fourth-order valence-corrected chi connectivity index (χ4v) is 0.225. The second-order valence-corrected chi connectivity index (χ2v) is 1.16. The van der Waals surface area contributed by atoms with Crippen molar-refractivity contribution in [3.8, 4) is 6.07 Å². The predicted octanol–water partition coefficient (Wildman–Crippen LogP) is -3.70. The van der Waals surface area contributed by atoms with Gasteiger partial charge in [-0.25, -0.2) is 0 Å². The molecule has 0 heterocycles. The normalized spacial score (nSPS) is 7.00. The van der Waals surface area contributed by atoms with Gasteiger partial charge in [0, 0.05) is 0 Å². The molecule has 0 atom stereocenters. The van der Waals surface area contributed by atoms with E-state index in [1.54, 1.807) is 6.07 Å². The molecule has 0 fully saturated rings. The maximum atomic E-state index is 9.70. The molecular formula is C4H7N2NaO2. The van der Waals surface area contributed by atoms with Crippen LogP contribution in [0.2, 0.25) is 0 Å². The van der Waals surface area contributed by atoms with Crippen LogP contribution in [0.5, 0.6) is 0 Å². The van der Waals surface area contributed by atoms with Gasteiger partial charge in [-0.2, -0.15) is 5.26 Å². The third-order valence-electron chi connectivity index (χ3n) is 0.480.